The maximum absolute atomic E-state index is 12.6. The Bertz CT molecular complexity index is 831. The quantitative estimate of drug-likeness (QED) is 0.672. The summed E-state index contributed by atoms with van der Waals surface area (Å²) in [5.41, 5.74) is 3.82. The van der Waals surface area contributed by atoms with Crippen molar-refractivity contribution in [2.75, 3.05) is 18.7 Å². The third kappa shape index (κ3) is 3.19. The van der Waals surface area contributed by atoms with Crippen LogP contribution in [0, 0.1) is 0 Å². The lowest BCUT2D eigenvalue weighted by Crippen LogP contribution is -2.35. The van der Waals surface area contributed by atoms with E-state index in [1.54, 1.807) is 49.6 Å². The molecule has 0 atom stereocenters. The average molecular weight is 338 g/mol. The Balaban J connectivity index is 1.99. The van der Waals surface area contributed by atoms with Crippen molar-refractivity contribution < 1.29 is 19.1 Å². The molecule has 1 saturated heterocycles. The van der Waals surface area contributed by atoms with Gasteiger partial charge in [0.1, 0.15) is 5.57 Å². The van der Waals surface area contributed by atoms with Crippen LogP contribution in [0.15, 0.2) is 54.1 Å². The van der Waals surface area contributed by atoms with Crippen molar-refractivity contribution in [2.45, 2.75) is 6.92 Å². The van der Waals surface area contributed by atoms with E-state index in [2.05, 4.69) is 5.43 Å². The number of methoxy groups -OCH3 is 1. The molecular weight excluding hydrogens is 320 g/mol. The zero-order chi connectivity index (χ0) is 17.8. The second-order valence-electron chi connectivity index (χ2n) is 5.29. The minimum Gasteiger partial charge on any atom is -0.493 e. The van der Waals surface area contributed by atoms with Crippen LogP contribution in [0.2, 0.25) is 0 Å². The van der Waals surface area contributed by atoms with E-state index in [1.807, 2.05) is 13.0 Å². The molecule has 0 aliphatic carbocycles. The lowest BCUT2D eigenvalue weighted by atomic mass is 10.1. The van der Waals surface area contributed by atoms with Gasteiger partial charge in [-0.25, -0.2) is 5.01 Å². The number of hydrogen-bond donors (Lipinski definition) is 1. The first-order valence-corrected chi connectivity index (χ1v) is 7.87. The molecule has 6 nitrogen and oxygen atoms in total. The van der Waals surface area contributed by atoms with E-state index in [0.29, 0.717) is 29.4 Å². The minimum atomic E-state index is -0.459. The van der Waals surface area contributed by atoms with Gasteiger partial charge in [-0.2, -0.15) is 0 Å². The fourth-order valence-electron chi connectivity index (χ4n) is 2.58. The third-order valence-electron chi connectivity index (χ3n) is 3.72. The molecule has 0 unspecified atom stereocenters. The number of ether oxygens (including phenoxy) is 2. The van der Waals surface area contributed by atoms with Crippen LogP contribution in [-0.2, 0) is 9.59 Å². The highest BCUT2D eigenvalue weighted by Crippen LogP contribution is 2.33. The highest BCUT2D eigenvalue weighted by Gasteiger charge is 2.34. The smallest absolute Gasteiger partial charge is 0.282 e. The maximum atomic E-state index is 12.6. The molecule has 2 aromatic rings. The third-order valence-corrected chi connectivity index (χ3v) is 3.72. The predicted octanol–water partition coefficient (Wildman–Crippen LogP) is 2.56. The summed E-state index contributed by atoms with van der Waals surface area (Å²) in [5.74, 6) is 0.168. The van der Waals surface area contributed by atoms with Crippen molar-refractivity contribution in [3.8, 4) is 11.5 Å². The molecule has 3 rings (SSSR count). The van der Waals surface area contributed by atoms with E-state index in [4.69, 9.17) is 9.47 Å². The molecule has 1 N–H and O–H groups in total. The Kier molecular flexibility index (Phi) is 4.70. The second-order valence-corrected chi connectivity index (χ2v) is 5.29. The lowest BCUT2D eigenvalue weighted by Gasteiger charge is -2.14. The van der Waals surface area contributed by atoms with Gasteiger partial charge < -0.3 is 9.47 Å². The Hall–Kier alpha value is -3.28. The highest BCUT2D eigenvalue weighted by atomic mass is 16.5. The zero-order valence-electron chi connectivity index (χ0n) is 14.0. The lowest BCUT2D eigenvalue weighted by molar-refractivity contribution is -0.117. The van der Waals surface area contributed by atoms with Gasteiger partial charge in [0.05, 0.1) is 19.4 Å². The summed E-state index contributed by atoms with van der Waals surface area (Å²) in [6, 6.07) is 14.2. The van der Waals surface area contributed by atoms with Gasteiger partial charge in [0, 0.05) is 5.56 Å². The molecule has 0 radical (unpaired) electrons. The van der Waals surface area contributed by atoms with Crippen molar-refractivity contribution >= 4 is 23.6 Å². The highest BCUT2D eigenvalue weighted by molar-refractivity contribution is 6.31. The number of hydrogen-bond acceptors (Lipinski definition) is 4. The van der Waals surface area contributed by atoms with Gasteiger partial charge in [-0.05, 0) is 31.2 Å². The number of hydrazine groups is 1. The number of nitrogens with zero attached hydrogens (tertiary/aromatic N) is 1. The van der Waals surface area contributed by atoms with Crippen LogP contribution in [0.3, 0.4) is 0 Å². The van der Waals surface area contributed by atoms with Crippen molar-refractivity contribution in [1.29, 1.82) is 0 Å². The van der Waals surface area contributed by atoms with Gasteiger partial charge in [0.25, 0.3) is 11.8 Å². The molecule has 0 spiro atoms. The van der Waals surface area contributed by atoms with Crippen LogP contribution in [0.5, 0.6) is 11.5 Å². The monoisotopic (exact) mass is 338 g/mol. The molecule has 2 aromatic carbocycles. The summed E-state index contributed by atoms with van der Waals surface area (Å²) in [5, 5.41) is 1.23. The number of amides is 2. The van der Waals surface area contributed by atoms with Crippen LogP contribution in [0.1, 0.15) is 12.5 Å². The average Bonchev–Trinajstić information content (AvgIpc) is 2.92. The van der Waals surface area contributed by atoms with Gasteiger partial charge >= 0.3 is 0 Å². The van der Waals surface area contributed by atoms with Gasteiger partial charge in [0.15, 0.2) is 11.5 Å². The fraction of sp³-hybridized carbons (Fsp3) is 0.158. The zero-order valence-corrected chi connectivity index (χ0v) is 14.0. The van der Waals surface area contributed by atoms with E-state index in [1.165, 1.54) is 11.1 Å². The first-order chi connectivity index (χ1) is 12.2. The first kappa shape index (κ1) is 16.6. The maximum Gasteiger partial charge on any atom is 0.282 e. The molecule has 6 heteroatoms. The number of para-hydroxylation sites is 2. The van der Waals surface area contributed by atoms with Gasteiger partial charge in [-0.1, -0.05) is 30.3 Å². The normalized spacial score (nSPS) is 15.4. The summed E-state index contributed by atoms with van der Waals surface area (Å²) in [7, 11) is 1.54. The topological polar surface area (TPSA) is 67.9 Å². The Morgan fingerprint density at radius 3 is 2.52 bits per heavy atom. The standard InChI is InChI=1S/C19H18N2O4/c1-3-25-17-13(8-7-11-16(17)24-2)12-15-18(22)20-21(19(15)23)14-9-5-4-6-10-14/h4-12H,3H2,1-2H3,(H,20,22)/b15-12+. The molecule has 1 aliphatic heterocycles. The van der Waals surface area contributed by atoms with Crippen molar-refractivity contribution in [3.63, 3.8) is 0 Å². The SMILES string of the molecule is CCOc1c(/C=C2\C(=O)NN(c3ccccc3)C2=O)cccc1OC. The van der Waals surface area contributed by atoms with Gasteiger partial charge in [-0.15, -0.1) is 0 Å². The van der Waals surface area contributed by atoms with Crippen molar-refractivity contribution in [1.82, 2.24) is 5.43 Å². The molecule has 2 amide bonds. The number of anilines is 1. The Morgan fingerprint density at radius 1 is 1.08 bits per heavy atom. The van der Waals surface area contributed by atoms with E-state index in [0.717, 1.165) is 0 Å². The van der Waals surface area contributed by atoms with Gasteiger partial charge in [0.2, 0.25) is 0 Å². The molecule has 25 heavy (non-hydrogen) atoms. The molecular formula is C19H18N2O4. The number of carbonyl (C=O) groups excluding carboxylic acids is 2. The molecule has 1 fully saturated rings. The van der Waals surface area contributed by atoms with Crippen molar-refractivity contribution in [3.05, 3.63) is 59.7 Å². The van der Waals surface area contributed by atoms with E-state index < -0.39 is 11.8 Å². The van der Waals surface area contributed by atoms with Crippen LogP contribution in [0.25, 0.3) is 6.08 Å². The van der Waals surface area contributed by atoms with Crippen LogP contribution in [0.4, 0.5) is 5.69 Å². The number of carbonyl (C=O) groups is 2. The van der Waals surface area contributed by atoms with Crippen LogP contribution < -0.4 is 19.9 Å². The predicted molar refractivity (Wildman–Crippen MR) is 94.2 cm³/mol. The van der Waals surface area contributed by atoms with Crippen LogP contribution in [-0.4, -0.2) is 25.5 Å². The molecule has 0 saturated carbocycles. The van der Waals surface area contributed by atoms with Crippen LogP contribution >= 0.6 is 0 Å². The molecule has 0 bridgehead atoms. The van der Waals surface area contributed by atoms with E-state index >= 15 is 0 Å². The summed E-state index contributed by atoms with van der Waals surface area (Å²) < 4.78 is 10.9. The summed E-state index contributed by atoms with van der Waals surface area (Å²) in [6.07, 6.45) is 1.52. The number of benzene rings is 2. The Labute approximate surface area is 145 Å². The number of nitrogens with one attached hydrogen (secondary N) is 1. The fourth-order valence-corrected chi connectivity index (χ4v) is 2.58. The van der Waals surface area contributed by atoms with E-state index in [-0.39, 0.29) is 5.57 Å². The molecule has 1 aliphatic rings. The van der Waals surface area contributed by atoms with E-state index in [9.17, 15) is 9.59 Å². The molecule has 1 heterocycles. The first-order valence-electron chi connectivity index (χ1n) is 7.87. The van der Waals surface area contributed by atoms with Crippen molar-refractivity contribution in [2.24, 2.45) is 0 Å². The minimum absolute atomic E-state index is 0.0399. The summed E-state index contributed by atoms with van der Waals surface area (Å²) in [4.78, 5) is 24.9. The largest absolute Gasteiger partial charge is 0.493 e. The number of rotatable bonds is 5. The Morgan fingerprint density at radius 2 is 1.84 bits per heavy atom. The molecule has 0 aromatic heterocycles. The summed E-state index contributed by atoms with van der Waals surface area (Å²) in [6.45, 7) is 2.29. The second kappa shape index (κ2) is 7.09. The van der Waals surface area contributed by atoms with Gasteiger partial charge in [-0.3, -0.25) is 15.0 Å². The summed E-state index contributed by atoms with van der Waals surface area (Å²) >= 11 is 0. The molecule has 128 valence electrons.